The molecule has 0 saturated heterocycles. The van der Waals surface area contributed by atoms with Crippen molar-refractivity contribution in [3.8, 4) is 16.8 Å². The molecule has 166 valence electrons. The van der Waals surface area contributed by atoms with E-state index in [9.17, 15) is 0 Å². The fourth-order valence-electron chi connectivity index (χ4n) is 6.16. The first-order valence-electron chi connectivity index (χ1n) is 12.2. The Kier molecular flexibility index (Phi) is 4.34. The third-order valence-corrected chi connectivity index (χ3v) is 7.51. The zero-order chi connectivity index (χ0) is 23.4. The van der Waals surface area contributed by atoms with Gasteiger partial charge in [-0.05, 0) is 47.4 Å². The smallest absolute Gasteiger partial charge is 0.0870 e. The van der Waals surface area contributed by atoms with Gasteiger partial charge in [-0.3, -0.25) is 0 Å². The van der Waals surface area contributed by atoms with Crippen LogP contribution < -0.4 is 0 Å². The van der Waals surface area contributed by atoms with Gasteiger partial charge in [-0.25, -0.2) is 0 Å². The molecule has 0 bridgehead atoms. The van der Waals surface area contributed by atoms with Gasteiger partial charge in [0, 0.05) is 16.6 Å². The second kappa shape index (κ2) is 7.58. The second-order valence-corrected chi connectivity index (χ2v) is 9.44. The van der Waals surface area contributed by atoms with Crippen molar-refractivity contribution in [3.05, 3.63) is 161 Å². The topological polar surface area (TPSA) is 4.93 Å². The first-order chi connectivity index (χ1) is 17.3. The van der Waals surface area contributed by atoms with Crippen LogP contribution in [0.15, 0.2) is 133 Å². The van der Waals surface area contributed by atoms with Crippen LogP contribution in [0.4, 0.5) is 0 Å². The molecule has 1 aliphatic rings. The van der Waals surface area contributed by atoms with Gasteiger partial charge in [-0.15, -0.1) is 0 Å². The molecule has 6 aromatic rings. The van der Waals surface area contributed by atoms with Crippen molar-refractivity contribution >= 4 is 10.9 Å². The molecule has 1 heteroatoms. The number of fused-ring (bicyclic) bond motifs is 5. The number of aromatic nitrogens is 1. The SMILES string of the molecule is Cc1ccc2c(c1)-c1c(n(-c3ccccc3)c3ccccc13)C2(c1ccccc1)c1ccccc1. The highest BCUT2D eigenvalue weighted by Gasteiger charge is 2.49. The number of rotatable bonds is 3. The van der Waals surface area contributed by atoms with Gasteiger partial charge in [0.2, 0.25) is 0 Å². The van der Waals surface area contributed by atoms with Crippen molar-refractivity contribution in [3.63, 3.8) is 0 Å². The summed E-state index contributed by atoms with van der Waals surface area (Å²) in [5, 5.41) is 1.30. The van der Waals surface area contributed by atoms with E-state index in [-0.39, 0.29) is 0 Å². The van der Waals surface area contributed by atoms with E-state index in [1.165, 1.54) is 55.7 Å². The molecule has 35 heavy (non-hydrogen) atoms. The summed E-state index contributed by atoms with van der Waals surface area (Å²) in [6, 6.07) is 48.7. The minimum absolute atomic E-state index is 0.435. The van der Waals surface area contributed by atoms with Crippen LogP contribution in [0.2, 0.25) is 0 Å². The summed E-state index contributed by atoms with van der Waals surface area (Å²) in [6.07, 6.45) is 0. The van der Waals surface area contributed by atoms with Gasteiger partial charge in [-0.1, -0.05) is 121 Å². The molecule has 0 spiro atoms. The van der Waals surface area contributed by atoms with E-state index in [0.717, 1.165) is 0 Å². The lowest BCUT2D eigenvalue weighted by molar-refractivity contribution is 0.718. The fourth-order valence-corrected chi connectivity index (χ4v) is 6.16. The van der Waals surface area contributed by atoms with Gasteiger partial charge >= 0.3 is 0 Å². The summed E-state index contributed by atoms with van der Waals surface area (Å²) in [4.78, 5) is 0. The van der Waals surface area contributed by atoms with Crippen molar-refractivity contribution < 1.29 is 0 Å². The third-order valence-electron chi connectivity index (χ3n) is 7.51. The predicted octanol–water partition coefficient (Wildman–Crippen LogP) is 8.30. The van der Waals surface area contributed by atoms with Gasteiger partial charge in [-0.2, -0.15) is 0 Å². The molecule has 1 aliphatic carbocycles. The minimum Gasteiger partial charge on any atom is -0.311 e. The van der Waals surface area contributed by atoms with E-state index < -0.39 is 5.41 Å². The Morgan fingerprint density at radius 1 is 0.571 bits per heavy atom. The first kappa shape index (κ1) is 20.1. The Morgan fingerprint density at radius 3 is 1.80 bits per heavy atom. The zero-order valence-electron chi connectivity index (χ0n) is 19.6. The van der Waals surface area contributed by atoms with E-state index >= 15 is 0 Å². The van der Waals surface area contributed by atoms with Crippen LogP contribution in [0.25, 0.3) is 27.7 Å². The summed E-state index contributed by atoms with van der Waals surface area (Å²) >= 11 is 0. The van der Waals surface area contributed by atoms with Gasteiger partial charge in [0.15, 0.2) is 0 Å². The Hall–Kier alpha value is -4.36. The highest BCUT2D eigenvalue weighted by molar-refractivity contribution is 6.05. The number of nitrogens with zero attached hydrogens (tertiary/aromatic N) is 1. The Bertz CT molecular complexity index is 1640. The van der Waals surface area contributed by atoms with Gasteiger partial charge in [0.1, 0.15) is 0 Å². The standard InChI is InChI=1S/C34H25N/c1-24-21-22-30-29(23-24)32-28-19-11-12-20-31(28)35(27-17-9-4-10-18-27)33(32)34(30,25-13-5-2-6-14-25)26-15-7-3-8-16-26/h2-23H,1H3. The maximum Gasteiger partial charge on any atom is 0.0870 e. The summed E-state index contributed by atoms with van der Waals surface area (Å²) in [5.41, 5.74) is 11.2. The van der Waals surface area contributed by atoms with Crippen molar-refractivity contribution in [2.75, 3.05) is 0 Å². The van der Waals surface area contributed by atoms with E-state index in [1.54, 1.807) is 0 Å². The normalized spacial score (nSPS) is 13.5. The molecule has 1 heterocycles. The summed E-state index contributed by atoms with van der Waals surface area (Å²) in [6.45, 7) is 2.20. The van der Waals surface area contributed by atoms with Crippen LogP contribution in [0.1, 0.15) is 27.9 Å². The van der Waals surface area contributed by atoms with Gasteiger partial charge < -0.3 is 4.57 Å². The fraction of sp³-hybridized carbons (Fsp3) is 0.0588. The summed E-state index contributed by atoms with van der Waals surface area (Å²) in [5.74, 6) is 0. The lowest BCUT2D eigenvalue weighted by atomic mass is 9.69. The highest BCUT2D eigenvalue weighted by atomic mass is 15.0. The van der Waals surface area contributed by atoms with Crippen LogP contribution in [0, 0.1) is 6.92 Å². The van der Waals surface area contributed by atoms with Crippen LogP contribution in [-0.4, -0.2) is 4.57 Å². The Labute approximate surface area is 205 Å². The van der Waals surface area contributed by atoms with E-state index in [0.29, 0.717) is 0 Å². The average Bonchev–Trinajstić information content (AvgIpc) is 3.41. The van der Waals surface area contributed by atoms with E-state index in [4.69, 9.17) is 0 Å². The van der Waals surface area contributed by atoms with Gasteiger partial charge in [0.25, 0.3) is 0 Å². The highest BCUT2D eigenvalue weighted by Crippen LogP contribution is 2.59. The maximum absolute atomic E-state index is 2.50. The molecule has 0 fully saturated rings. The molecule has 5 aromatic carbocycles. The van der Waals surface area contributed by atoms with Crippen LogP contribution in [0.3, 0.4) is 0 Å². The lowest BCUT2D eigenvalue weighted by Crippen LogP contribution is -2.31. The molecule has 0 saturated carbocycles. The summed E-state index contributed by atoms with van der Waals surface area (Å²) in [7, 11) is 0. The average molecular weight is 448 g/mol. The van der Waals surface area contributed by atoms with E-state index in [2.05, 4.69) is 145 Å². The molecule has 0 amide bonds. The maximum atomic E-state index is 2.50. The number of benzene rings is 5. The number of hydrogen-bond acceptors (Lipinski definition) is 0. The Morgan fingerprint density at radius 2 is 1.14 bits per heavy atom. The van der Waals surface area contributed by atoms with Crippen molar-refractivity contribution in [1.82, 2.24) is 4.57 Å². The molecule has 0 aliphatic heterocycles. The molecular weight excluding hydrogens is 422 g/mol. The number of hydrogen-bond donors (Lipinski definition) is 0. The molecule has 0 radical (unpaired) electrons. The monoisotopic (exact) mass is 447 g/mol. The van der Waals surface area contributed by atoms with Crippen LogP contribution in [-0.2, 0) is 5.41 Å². The quantitative estimate of drug-likeness (QED) is 0.257. The lowest BCUT2D eigenvalue weighted by Gasteiger charge is -2.35. The molecule has 0 unspecified atom stereocenters. The Balaban J connectivity index is 1.77. The predicted molar refractivity (Wildman–Crippen MR) is 145 cm³/mol. The second-order valence-electron chi connectivity index (χ2n) is 9.44. The largest absolute Gasteiger partial charge is 0.311 e. The molecule has 1 nitrogen and oxygen atoms in total. The summed E-state index contributed by atoms with van der Waals surface area (Å²) < 4.78 is 2.50. The van der Waals surface area contributed by atoms with Gasteiger partial charge in [0.05, 0.1) is 16.6 Å². The molecule has 0 atom stereocenters. The third kappa shape index (κ3) is 2.70. The molecular formula is C34H25N. The first-order valence-corrected chi connectivity index (χ1v) is 12.2. The molecule has 1 aromatic heterocycles. The zero-order valence-corrected chi connectivity index (χ0v) is 19.6. The van der Waals surface area contributed by atoms with E-state index in [1.807, 2.05) is 0 Å². The van der Waals surface area contributed by atoms with Crippen molar-refractivity contribution in [1.29, 1.82) is 0 Å². The molecule has 0 N–H and O–H groups in total. The number of para-hydroxylation sites is 2. The van der Waals surface area contributed by atoms with Crippen LogP contribution in [0.5, 0.6) is 0 Å². The number of aryl methyl sites for hydroxylation is 1. The van der Waals surface area contributed by atoms with Crippen molar-refractivity contribution in [2.24, 2.45) is 0 Å². The minimum atomic E-state index is -0.435. The molecule has 7 rings (SSSR count). The van der Waals surface area contributed by atoms with Crippen LogP contribution >= 0.6 is 0 Å². The van der Waals surface area contributed by atoms with Crippen molar-refractivity contribution in [2.45, 2.75) is 12.3 Å².